The van der Waals surface area contributed by atoms with Crippen molar-refractivity contribution in [1.29, 1.82) is 0 Å². The summed E-state index contributed by atoms with van der Waals surface area (Å²) in [7, 11) is 0. The lowest BCUT2D eigenvalue weighted by molar-refractivity contribution is 0.127. The maximum atomic E-state index is 4.31. The molecule has 0 aliphatic heterocycles. The molecule has 0 amide bonds. The zero-order valence-corrected chi connectivity index (χ0v) is 15.3. The van der Waals surface area contributed by atoms with Gasteiger partial charge in [0.15, 0.2) is 0 Å². The van der Waals surface area contributed by atoms with Crippen LogP contribution in [0.2, 0.25) is 0 Å². The second kappa shape index (κ2) is 6.55. The fourth-order valence-electron chi connectivity index (χ4n) is 5.36. The molecule has 0 heterocycles. The average Bonchev–Trinajstić information content (AvgIpc) is 2.85. The van der Waals surface area contributed by atoms with Crippen molar-refractivity contribution in [2.75, 3.05) is 0 Å². The predicted molar refractivity (Wildman–Crippen MR) is 96.3 cm³/mol. The smallest absolute Gasteiger partial charge is 0.0169 e. The minimum absolute atomic E-state index is 0.512. The van der Waals surface area contributed by atoms with Crippen molar-refractivity contribution < 1.29 is 0 Å². The third kappa shape index (κ3) is 3.35. The zero-order chi connectivity index (χ0) is 16.4. The van der Waals surface area contributed by atoms with Gasteiger partial charge in [0.1, 0.15) is 0 Å². The van der Waals surface area contributed by atoms with Gasteiger partial charge in [-0.25, -0.2) is 0 Å². The molecule has 0 aromatic carbocycles. The maximum absolute atomic E-state index is 4.31. The van der Waals surface area contributed by atoms with Crippen LogP contribution in [0.15, 0.2) is 37.0 Å². The van der Waals surface area contributed by atoms with Crippen molar-refractivity contribution in [3.8, 4) is 0 Å². The van der Waals surface area contributed by atoms with Gasteiger partial charge in [0.25, 0.3) is 0 Å². The standard InChI is InChI=1S/C19H32.C2H4/c1-8-14(4)11-15-16(13(2)3)12-19(7)10-9-18(5,6)17(15)19;1-2/h8,15-17H,2,9-12H2,1,3-7H3;1-2H2/b14-8-;. The number of hydrogen-bond donors (Lipinski definition) is 0. The van der Waals surface area contributed by atoms with Gasteiger partial charge in [-0.05, 0) is 75.0 Å². The van der Waals surface area contributed by atoms with Crippen LogP contribution in [0, 0.1) is 28.6 Å². The first-order chi connectivity index (χ1) is 9.71. The molecule has 120 valence electrons. The molecule has 0 bridgehead atoms. The van der Waals surface area contributed by atoms with Crippen LogP contribution >= 0.6 is 0 Å². The van der Waals surface area contributed by atoms with Crippen LogP contribution in [0.5, 0.6) is 0 Å². The van der Waals surface area contributed by atoms with Gasteiger partial charge in [-0.3, -0.25) is 0 Å². The lowest BCUT2D eigenvalue weighted by Crippen LogP contribution is -2.31. The van der Waals surface area contributed by atoms with Gasteiger partial charge in [0.2, 0.25) is 0 Å². The van der Waals surface area contributed by atoms with Gasteiger partial charge in [0.05, 0.1) is 0 Å². The molecule has 2 aliphatic carbocycles. The van der Waals surface area contributed by atoms with Gasteiger partial charge < -0.3 is 0 Å². The molecule has 2 rings (SSSR count). The van der Waals surface area contributed by atoms with Crippen molar-refractivity contribution >= 4 is 0 Å². The third-order valence-corrected chi connectivity index (χ3v) is 6.25. The Labute approximate surface area is 133 Å². The molecule has 0 radical (unpaired) electrons. The summed E-state index contributed by atoms with van der Waals surface area (Å²) in [5.74, 6) is 2.43. The highest BCUT2D eigenvalue weighted by Gasteiger charge is 2.59. The Balaban J connectivity index is 0.00000106. The third-order valence-electron chi connectivity index (χ3n) is 6.25. The van der Waals surface area contributed by atoms with Crippen LogP contribution in [0.4, 0.5) is 0 Å². The molecular formula is C21H36. The lowest BCUT2D eigenvalue weighted by Gasteiger charge is -2.37. The fraction of sp³-hybridized carbons (Fsp3) is 0.714. The van der Waals surface area contributed by atoms with Crippen LogP contribution in [0.1, 0.15) is 67.2 Å². The predicted octanol–water partition coefficient (Wildman–Crippen LogP) is 6.80. The first-order valence-corrected chi connectivity index (χ1v) is 8.48. The normalized spacial score (nSPS) is 37.6. The highest BCUT2D eigenvalue weighted by Crippen LogP contribution is 2.67. The van der Waals surface area contributed by atoms with E-state index in [1.165, 1.54) is 31.3 Å². The van der Waals surface area contributed by atoms with Crippen molar-refractivity contribution in [1.82, 2.24) is 0 Å². The monoisotopic (exact) mass is 288 g/mol. The van der Waals surface area contributed by atoms with E-state index in [4.69, 9.17) is 0 Å². The van der Waals surface area contributed by atoms with E-state index in [1.807, 2.05) is 0 Å². The molecule has 0 aromatic heterocycles. The summed E-state index contributed by atoms with van der Waals surface area (Å²) in [6, 6.07) is 0. The van der Waals surface area contributed by atoms with Crippen LogP contribution in [0.3, 0.4) is 0 Å². The van der Waals surface area contributed by atoms with Gasteiger partial charge in [-0.2, -0.15) is 0 Å². The second-order valence-corrected chi connectivity index (χ2v) is 8.28. The van der Waals surface area contributed by atoms with Gasteiger partial charge in [-0.15, -0.1) is 13.2 Å². The van der Waals surface area contributed by atoms with Crippen molar-refractivity contribution in [2.45, 2.75) is 67.2 Å². The molecule has 4 atom stereocenters. The Morgan fingerprint density at radius 3 is 2.19 bits per heavy atom. The number of hydrogen-bond acceptors (Lipinski definition) is 0. The van der Waals surface area contributed by atoms with E-state index >= 15 is 0 Å². The number of allylic oxidation sites excluding steroid dienone is 3. The molecule has 0 saturated heterocycles. The Kier molecular flexibility index (Phi) is 5.69. The SMILES string of the molecule is C=C.C=C(C)C1CC2(C)CCC(C)(C)C2C1C/C(C)=C\C. The molecule has 2 saturated carbocycles. The Morgan fingerprint density at radius 1 is 1.14 bits per heavy atom. The van der Waals surface area contributed by atoms with Crippen molar-refractivity contribution in [3.05, 3.63) is 37.0 Å². The highest BCUT2D eigenvalue weighted by molar-refractivity contribution is 5.17. The van der Waals surface area contributed by atoms with Gasteiger partial charge >= 0.3 is 0 Å². The largest absolute Gasteiger partial charge is 0.106 e. The fourth-order valence-corrected chi connectivity index (χ4v) is 5.36. The van der Waals surface area contributed by atoms with Crippen molar-refractivity contribution in [2.24, 2.45) is 28.6 Å². The number of fused-ring (bicyclic) bond motifs is 1. The van der Waals surface area contributed by atoms with Gasteiger partial charge in [-0.1, -0.05) is 44.6 Å². The van der Waals surface area contributed by atoms with E-state index in [-0.39, 0.29) is 0 Å². The molecule has 2 fully saturated rings. The Hall–Kier alpha value is -0.780. The van der Waals surface area contributed by atoms with E-state index < -0.39 is 0 Å². The summed E-state index contributed by atoms with van der Waals surface area (Å²) in [5.41, 5.74) is 4.05. The maximum Gasteiger partial charge on any atom is -0.0169 e. The molecule has 0 spiro atoms. The zero-order valence-electron chi connectivity index (χ0n) is 15.3. The summed E-state index contributed by atoms with van der Waals surface area (Å²) < 4.78 is 0. The first-order valence-electron chi connectivity index (χ1n) is 8.48. The van der Waals surface area contributed by atoms with E-state index in [1.54, 1.807) is 5.57 Å². The summed E-state index contributed by atoms with van der Waals surface area (Å²) in [6.45, 7) is 24.6. The van der Waals surface area contributed by atoms with Crippen LogP contribution in [0.25, 0.3) is 0 Å². The first kappa shape index (κ1) is 18.3. The van der Waals surface area contributed by atoms with E-state index in [2.05, 4.69) is 67.4 Å². The summed E-state index contributed by atoms with van der Waals surface area (Å²) in [4.78, 5) is 0. The van der Waals surface area contributed by atoms with E-state index in [0.717, 1.165) is 17.8 Å². The summed E-state index contributed by atoms with van der Waals surface area (Å²) in [5, 5.41) is 0. The average molecular weight is 289 g/mol. The molecular weight excluding hydrogens is 252 g/mol. The molecule has 21 heavy (non-hydrogen) atoms. The number of rotatable bonds is 3. The Bertz CT molecular complexity index is 412. The molecule has 2 aliphatic rings. The lowest BCUT2D eigenvalue weighted by atomic mass is 9.68. The minimum Gasteiger partial charge on any atom is -0.106 e. The quantitative estimate of drug-likeness (QED) is 0.501. The molecule has 0 N–H and O–H groups in total. The summed E-state index contributed by atoms with van der Waals surface area (Å²) >= 11 is 0. The van der Waals surface area contributed by atoms with Gasteiger partial charge in [0, 0.05) is 0 Å². The molecule has 4 unspecified atom stereocenters. The topological polar surface area (TPSA) is 0 Å². The van der Waals surface area contributed by atoms with E-state index in [0.29, 0.717) is 10.8 Å². The van der Waals surface area contributed by atoms with E-state index in [9.17, 15) is 0 Å². The summed E-state index contributed by atoms with van der Waals surface area (Å²) in [6.07, 6.45) is 7.77. The van der Waals surface area contributed by atoms with Crippen LogP contribution in [-0.4, -0.2) is 0 Å². The molecule has 0 nitrogen and oxygen atoms in total. The van der Waals surface area contributed by atoms with Crippen LogP contribution < -0.4 is 0 Å². The molecule has 0 aromatic rings. The highest BCUT2D eigenvalue weighted by atomic mass is 14.6. The molecule has 0 heteroatoms. The van der Waals surface area contributed by atoms with Crippen molar-refractivity contribution in [3.63, 3.8) is 0 Å². The Morgan fingerprint density at radius 2 is 1.71 bits per heavy atom. The minimum atomic E-state index is 0.512. The second-order valence-electron chi connectivity index (χ2n) is 8.28. The van der Waals surface area contributed by atoms with Crippen LogP contribution in [-0.2, 0) is 0 Å².